The summed E-state index contributed by atoms with van der Waals surface area (Å²) in [4.78, 5) is 4.51. The lowest BCUT2D eigenvalue weighted by molar-refractivity contribution is 0.597. The van der Waals surface area contributed by atoms with E-state index in [0.29, 0.717) is 5.69 Å². The number of hydrogen-bond acceptors (Lipinski definition) is 2. The molecule has 0 N–H and O–H groups in total. The molecule has 3 rings (SSSR count). The van der Waals surface area contributed by atoms with Crippen molar-refractivity contribution in [3.8, 4) is 0 Å². The molecule has 0 bridgehead atoms. The Kier molecular flexibility index (Phi) is 4.44. The lowest BCUT2D eigenvalue weighted by Crippen LogP contribution is -2.47. The summed E-state index contributed by atoms with van der Waals surface area (Å²) in [6, 6.07) is 15.5. The first-order valence-corrected chi connectivity index (χ1v) is 8.30. The molecule has 0 saturated carbocycles. The van der Waals surface area contributed by atoms with Crippen molar-refractivity contribution < 1.29 is 4.39 Å². The zero-order valence-electron chi connectivity index (χ0n) is 11.8. The summed E-state index contributed by atoms with van der Waals surface area (Å²) in [7, 11) is 0. The van der Waals surface area contributed by atoms with Crippen LogP contribution in [0.4, 0.5) is 15.8 Å². The van der Waals surface area contributed by atoms with Crippen LogP contribution in [0.5, 0.6) is 0 Å². The van der Waals surface area contributed by atoms with Gasteiger partial charge in [0.2, 0.25) is 0 Å². The quantitative estimate of drug-likeness (QED) is 0.772. The molecule has 0 unspecified atom stereocenters. The lowest BCUT2D eigenvalue weighted by atomic mass is 10.1. The van der Waals surface area contributed by atoms with Crippen molar-refractivity contribution in [1.29, 1.82) is 0 Å². The summed E-state index contributed by atoms with van der Waals surface area (Å²) in [6.45, 7) is 3.52. The summed E-state index contributed by atoms with van der Waals surface area (Å²) in [5, 5.41) is 0.858. The van der Waals surface area contributed by atoms with E-state index < -0.39 is 0 Å². The van der Waals surface area contributed by atoms with Gasteiger partial charge >= 0.3 is 0 Å². The second-order valence-electron chi connectivity index (χ2n) is 5.19. The number of benzene rings is 2. The SMILES string of the molecule is Fc1ccccc1N1CCN(c2ccccc2CBr)CC1. The number of alkyl halides is 1. The number of nitrogens with zero attached hydrogens (tertiary/aromatic N) is 2. The van der Waals surface area contributed by atoms with E-state index in [4.69, 9.17) is 0 Å². The fourth-order valence-corrected chi connectivity index (χ4v) is 3.30. The van der Waals surface area contributed by atoms with Crippen molar-refractivity contribution in [2.75, 3.05) is 36.0 Å². The Morgan fingerprint density at radius 3 is 1.95 bits per heavy atom. The van der Waals surface area contributed by atoms with Gasteiger partial charge in [-0.15, -0.1) is 0 Å². The van der Waals surface area contributed by atoms with E-state index in [-0.39, 0.29) is 5.82 Å². The largest absolute Gasteiger partial charge is 0.368 e. The Labute approximate surface area is 133 Å². The van der Waals surface area contributed by atoms with Crippen LogP contribution in [0.25, 0.3) is 0 Å². The highest BCUT2D eigenvalue weighted by Gasteiger charge is 2.20. The standard InChI is InChI=1S/C17H18BrFN2/c18-13-14-5-1-3-7-16(14)20-9-11-21(12-10-20)17-8-4-2-6-15(17)19/h1-8H,9-13H2. The Morgan fingerprint density at radius 1 is 0.810 bits per heavy atom. The number of para-hydroxylation sites is 2. The van der Waals surface area contributed by atoms with E-state index in [9.17, 15) is 4.39 Å². The molecule has 4 heteroatoms. The molecule has 0 aromatic heterocycles. The molecular weight excluding hydrogens is 331 g/mol. The molecule has 0 aliphatic carbocycles. The van der Waals surface area contributed by atoms with Crippen LogP contribution in [0.15, 0.2) is 48.5 Å². The highest BCUT2D eigenvalue weighted by molar-refractivity contribution is 9.08. The van der Waals surface area contributed by atoms with Crippen molar-refractivity contribution in [1.82, 2.24) is 0 Å². The Morgan fingerprint density at radius 2 is 1.33 bits per heavy atom. The number of piperazine rings is 1. The molecule has 0 radical (unpaired) electrons. The van der Waals surface area contributed by atoms with Gasteiger partial charge in [-0.05, 0) is 23.8 Å². The normalized spacial score (nSPS) is 15.3. The molecule has 1 fully saturated rings. The average molecular weight is 349 g/mol. The molecule has 2 aromatic rings. The van der Waals surface area contributed by atoms with Crippen LogP contribution in [0.2, 0.25) is 0 Å². The zero-order valence-corrected chi connectivity index (χ0v) is 13.4. The molecule has 0 amide bonds. The van der Waals surface area contributed by atoms with Crippen LogP contribution in [0.3, 0.4) is 0 Å². The fraction of sp³-hybridized carbons (Fsp3) is 0.294. The summed E-state index contributed by atoms with van der Waals surface area (Å²) in [6.07, 6.45) is 0. The van der Waals surface area contributed by atoms with E-state index in [0.717, 1.165) is 31.5 Å². The van der Waals surface area contributed by atoms with Crippen LogP contribution in [0.1, 0.15) is 5.56 Å². The van der Waals surface area contributed by atoms with Gasteiger partial charge in [-0.1, -0.05) is 46.3 Å². The minimum Gasteiger partial charge on any atom is -0.368 e. The molecule has 1 saturated heterocycles. The number of hydrogen-bond donors (Lipinski definition) is 0. The smallest absolute Gasteiger partial charge is 0.146 e. The van der Waals surface area contributed by atoms with E-state index >= 15 is 0 Å². The number of halogens is 2. The van der Waals surface area contributed by atoms with Gasteiger partial charge in [0.15, 0.2) is 0 Å². The van der Waals surface area contributed by atoms with E-state index in [1.807, 2.05) is 12.1 Å². The van der Waals surface area contributed by atoms with Gasteiger partial charge in [-0.25, -0.2) is 4.39 Å². The van der Waals surface area contributed by atoms with Gasteiger partial charge in [0.1, 0.15) is 5.82 Å². The minimum absolute atomic E-state index is 0.133. The van der Waals surface area contributed by atoms with Crippen molar-refractivity contribution in [3.05, 3.63) is 59.9 Å². The molecule has 1 heterocycles. The summed E-state index contributed by atoms with van der Waals surface area (Å²) in [5.41, 5.74) is 3.30. The van der Waals surface area contributed by atoms with Crippen LogP contribution in [-0.2, 0) is 5.33 Å². The first-order chi connectivity index (χ1) is 10.3. The molecule has 110 valence electrons. The summed E-state index contributed by atoms with van der Waals surface area (Å²) < 4.78 is 13.9. The maximum Gasteiger partial charge on any atom is 0.146 e. The van der Waals surface area contributed by atoms with E-state index in [2.05, 4.69) is 50.0 Å². The predicted molar refractivity (Wildman–Crippen MR) is 89.9 cm³/mol. The maximum absolute atomic E-state index is 13.9. The van der Waals surface area contributed by atoms with Crippen LogP contribution in [-0.4, -0.2) is 26.2 Å². The minimum atomic E-state index is -0.133. The summed E-state index contributed by atoms with van der Waals surface area (Å²) >= 11 is 3.55. The van der Waals surface area contributed by atoms with Gasteiger partial charge in [-0.2, -0.15) is 0 Å². The molecule has 0 atom stereocenters. The van der Waals surface area contributed by atoms with Crippen molar-refractivity contribution in [2.45, 2.75) is 5.33 Å². The first kappa shape index (κ1) is 14.4. The molecule has 2 nitrogen and oxygen atoms in total. The topological polar surface area (TPSA) is 6.48 Å². The van der Waals surface area contributed by atoms with Crippen LogP contribution >= 0.6 is 15.9 Å². The fourth-order valence-electron chi connectivity index (χ4n) is 2.83. The van der Waals surface area contributed by atoms with E-state index in [1.165, 1.54) is 17.3 Å². The number of anilines is 2. The van der Waals surface area contributed by atoms with Crippen molar-refractivity contribution >= 4 is 27.3 Å². The summed E-state index contributed by atoms with van der Waals surface area (Å²) in [5.74, 6) is -0.133. The van der Waals surface area contributed by atoms with E-state index in [1.54, 1.807) is 6.07 Å². The van der Waals surface area contributed by atoms with Crippen LogP contribution in [0, 0.1) is 5.82 Å². The monoisotopic (exact) mass is 348 g/mol. The highest BCUT2D eigenvalue weighted by Crippen LogP contribution is 2.26. The van der Waals surface area contributed by atoms with Gasteiger partial charge in [0.05, 0.1) is 5.69 Å². The molecule has 0 spiro atoms. The average Bonchev–Trinajstić information content (AvgIpc) is 2.55. The van der Waals surface area contributed by atoms with Crippen LogP contribution < -0.4 is 9.80 Å². The number of rotatable bonds is 3. The maximum atomic E-state index is 13.9. The molecule has 2 aromatic carbocycles. The second kappa shape index (κ2) is 6.48. The molecule has 21 heavy (non-hydrogen) atoms. The highest BCUT2D eigenvalue weighted by atomic mass is 79.9. The Balaban J connectivity index is 1.72. The third-order valence-electron chi connectivity index (χ3n) is 3.95. The van der Waals surface area contributed by atoms with Crippen molar-refractivity contribution in [2.24, 2.45) is 0 Å². The van der Waals surface area contributed by atoms with Gasteiger partial charge in [0.25, 0.3) is 0 Å². The van der Waals surface area contributed by atoms with Gasteiger partial charge in [-0.3, -0.25) is 0 Å². The van der Waals surface area contributed by atoms with Gasteiger partial charge in [0, 0.05) is 37.2 Å². The first-order valence-electron chi connectivity index (χ1n) is 7.18. The molecule has 1 aliphatic rings. The Hall–Kier alpha value is -1.55. The second-order valence-corrected chi connectivity index (χ2v) is 5.75. The molecule has 1 aliphatic heterocycles. The predicted octanol–water partition coefficient (Wildman–Crippen LogP) is 4.05. The Bertz CT molecular complexity index is 609. The van der Waals surface area contributed by atoms with Gasteiger partial charge < -0.3 is 9.80 Å². The molecular formula is C17H18BrFN2. The van der Waals surface area contributed by atoms with Crippen molar-refractivity contribution in [3.63, 3.8) is 0 Å². The lowest BCUT2D eigenvalue weighted by Gasteiger charge is -2.38. The third kappa shape index (κ3) is 3.05. The third-order valence-corrected chi connectivity index (χ3v) is 4.55. The zero-order chi connectivity index (χ0) is 14.7.